The Morgan fingerprint density at radius 2 is 2.29 bits per heavy atom. The summed E-state index contributed by atoms with van der Waals surface area (Å²) in [6, 6.07) is 0. The van der Waals surface area contributed by atoms with E-state index in [0.717, 1.165) is 6.42 Å². The van der Waals surface area contributed by atoms with Gasteiger partial charge in [-0.15, -0.1) is 0 Å². The van der Waals surface area contributed by atoms with Crippen molar-refractivity contribution in [2.24, 2.45) is 17.6 Å². The van der Waals surface area contributed by atoms with Crippen LogP contribution in [0.3, 0.4) is 0 Å². The van der Waals surface area contributed by atoms with Crippen molar-refractivity contribution in [3.8, 4) is 0 Å². The lowest BCUT2D eigenvalue weighted by molar-refractivity contribution is 0.252. The molecule has 2 unspecified atom stereocenters. The second kappa shape index (κ2) is 6.79. The van der Waals surface area contributed by atoms with Crippen molar-refractivity contribution in [1.82, 2.24) is 0 Å². The van der Waals surface area contributed by atoms with E-state index < -0.39 is 5.76 Å². The van der Waals surface area contributed by atoms with Crippen molar-refractivity contribution in [3.63, 3.8) is 0 Å². The average Bonchev–Trinajstić information content (AvgIpc) is 2.29. The first-order valence-electron chi connectivity index (χ1n) is 5.65. The number of hydrogen-bond donors (Lipinski definition) is 2. The van der Waals surface area contributed by atoms with E-state index in [0.29, 0.717) is 35.4 Å². The number of nitrogens with one attached hydrogen (secondary N) is 1. The van der Waals surface area contributed by atoms with Crippen molar-refractivity contribution in [1.29, 1.82) is 5.41 Å². The summed E-state index contributed by atoms with van der Waals surface area (Å²) in [7, 11) is 0. The van der Waals surface area contributed by atoms with E-state index in [2.05, 4.69) is 0 Å². The molecule has 0 aromatic rings. The zero-order valence-electron chi connectivity index (χ0n) is 9.83. The van der Waals surface area contributed by atoms with Crippen molar-refractivity contribution in [2.45, 2.75) is 31.9 Å². The number of amidine groups is 1. The van der Waals surface area contributed by atoms with E-state index in [-0.39, 0.29) is 11.8 Å². The number of halogens is 2. The van der Waals surface area contributed by atoms with Gasteiger partial charge >= 0.3 is 0 Å². The molecular weight excluding hydrogens is 242 g/mol. The molecule has 17 heavy (non-hydrogen) atoms. The maximum absolute atomic E-state index is 12.3. The van der Waals surface area contributed by atoms with Crippen LogP contribution in [-0.2, 0) is 0 Å². The molecule has 0 radical (unpaired) electrons. The van der Waals surface area contributed by atoms with Gasteiger partial charge in [0.2, 0.25) is 0 Å². The standard InChI is InChI=1S/C12H18F2N2S/c1-8-3-2-4-10(17-12(13)14)6-5-9(7-8)11(15)16/h2-4,8-9,12H,5-7H2,1H3,(H3,15,16)/b3-2-,10-4+. The molecule has 96 valence electrons. The van der Waals surface area contributed by atoms with Gasteiger partial charge in [0.15, 0.2) is 0 Å². The average molecular weight is 260 g/mol. The SMILES string of the molecule is CC1/C=C\C=C(\SC(F)F)CCC(C(=N)N)C1. The Hall–Kier alpha value is -0.840. The van der Waals surface area contributed by atoms with Gasteiger partial charge in [0, 0.05) is 5.92 Å². The molecule has 0 bridgehead atoms. The summed E-state index contributed by atoms with van der Waals surface area (Å²) in [5.41, 5.74) is 5.53. The van der Waals surface area contributed by atoms with Gasteiger partial charge in [-0.1, -0.05) is 36.9 Å². The van der Waals surface area contributed by atoms with Crippen LogP contribution < -0.4 is 5.73 Å². The smallest absolute Gasteiger partial charge is 0.288 e. The highest BCUT2D eigenvalue weighted by Gasteiger charge is 2.18. The maximum Gasteiger partial charge on any atom is 0.288 e. The van der Waals surface area contributed by atoms with Crippen LogP contribution in [0.15, 0.2) is 23.1 Å². The highest BCUT2D eigenvalue weighted by atomic mass is 32.2. The van der Waals surface area contributed by atoms with Crippen molar-refractivity contribution in [2.75, 3.05) is 0 Å². The van der Waals surface area contributed by atoms with Crippen LogP contribution in [0.4, 0.5) is 8.78 Å². The van der Waals surface area contributed by atoms with Gasteiger partial charge < -0.3 is 5.73 Å². The molecule has 1 rings (SSSR count). The van der Waals surface area contributed by atoms with E-state index >= 15 is 0 Å². The molecule has 1 aliphatic rings. The monoisotopic (exact) mass is 260 g/mol. The normalized spacial score (nSPS) is 30.9. The van der Waals surface area contributed by atoms with Crippen LogP contribution in [0, 0.1) is 17.2 Å². The Balaban J connectivity index is 2.73. The number of alkyl halides is 2. The Labute approximate surface area is 105 Å². The highest BCUT2D eigenvalue weighted by molar-refractivity contribution is 8.03. The predicted octanol–water partition coefficient (Wildman–Crippen LogP) is 3.75. The summed E-state index contributed by atoms with van der Waals surface area (Å²) < 4.78 is 24.6. The van der Waals surface area contributed by atoms with E-state index in [1.807, 2.05) is 19.1 Å². The molecular formula is C12H18F2N2S. The van der Waals surface area contributed by atoms with E-state index in [1.165, 1.54) is 0 Å². The molecule has 2 atom stereocenters. The molecule has 2 nitrogen and oxygen atoms in total. The highest BCUT2D eigenvalue weighted by Crippen LogP contribution is 2.31. The molecule has 0 spiro atoms. The van der Waals surface area contributed by atoms with Crippen LogP contribution in [0.5, 0.6) is 0 Å². The Kier molecular flexibility index (Phi) is 5.68. The van der Waals surface area contributed by atoms with Gasteiger partial charge in [-0.05, 0) is 30.1 Å². The Morgan fingerprint density at radius 3 is 2.88 bits per heavy atom. The molecule has 0 aliphatic heterocycles. The number of allylic oxidation sites excluding steroid dienone is 4. The molecule has 1 aliphatic carbocycles. The minimum absolute atomic E-state index is 0.00516. The first kappa shape index (κ1) is 14.2. The molecule has 3 N–H and O–H groups in total. The van der Waals surface area contributed by atoms with Gasteiger partial charge in [0.05, 0.1) is 5.84 Å². The number of hydrogen-bond acceptors (Lipinski definition) is 2. The zero-order chi connectivity index (χ0) is 12.8. The predicted molar refractivity (Wildman–Crippen MR) is 69.2 cm³/mol. The molecule has 5 heteroatoms. The third-order valence-electron chi connectivity index (χ3n) is 2.80. The fourth-order valence-corrected chi connectivity index (χ4v) is 2.51. The van der Waals surface area contributed by atoms with Gasteiger partial charge in [0.1, 0.15) is 0 Å². The van der Waals surface area contributed by atoms with Gasteiger partial charge in [-0.2, -0.15) is 8.78 Å². The van der Waals surface area contributed by atoms with Crippen molar-refractivity contribution in [3.05, 3.63) is 23.1 Å². The molecule has 0 amide bonds. The van der Waals surface area contributed by atoms with E-state index in [9.17, 15) is 8.78 Å². The van der Waals surface area contributed by atoms with Gasteiger partial charge in [-0.3, -0.25) is 5.41 Å². The summed E-state index contributed by atoms with van der Waals surface area (Å²) in [6.45, 7) is 2.05. The lowest BCUT2D eigenvalue weighted by Crippen LogP contribution is -2.24. The summed E-state index contributed by atoms with van der Waals surface area (Å²) in [5.74, 6) is -1.91. The first-order chi connectivity index (χ1) is 7.99. The number of nitrogens with two attached hydrogens (primary N) is 1. The minimum atomic E-state index is -2.39. The lowest BCUT2D eigenvalue weighted by atomic mass is 9.91. The number of thioether (sulfide) groups is 1. The fraction of sp³-hybridized carbons (Fsp3) is 0.583. The van der Waals surface area contributed by atoms with Gasteiger partial charge in [-0.25, -0.2) is 0 Å². The van der Waals surface area contributed by atoms with Crippen molar-refractivity contribution >= 4 is 17.6 Å². The second-order valence-corrected chi connectivity index (χ2v) is 5.42. The van der Waals surface area contributed by atoms with Crippen LogP contribution in [0.25, 0.3) is 0 Å². The number of rotatable bonds is 3. The molecule has 0 saturated heterocycles. The van der Waals surface area contributed by atoms with Crippen molar-refractivity contribution < 1.29 is 8.78 Å². The maximum atomic E-state index is 12.3. The summed E-state index contributed by atoms with van der Waals surface area (Å²) in [6.07, 6.45) is 7.61. The van der Waals surface area contributed by atoms with Crippen LogP contribution >= 0.6 is 11.8 Å². The fourth-order valence-electron chi connectivity index (χ4n) is 1.89. The largest absolute Gasteiger partial charge is 0.387 e. The quantitative estimate of drug-likeness (QED) is 0.599. The van der Waals surface area contributed by atoms with Crippen LogP contribution in [0.2, 0.25) is 0 Å². The molecule has 0 heterocycles. The third-order valence-corrected chi connectivity index (χ3v) is 3.62. The van der Waals surface area contributed by atoms with Gasteiger partial charge in [0.25, 0.3) is 5.76 Å². The third kappa shape index (κ3) is 5.35. The summed E-state index contributed by atoms with van der Waals surface area (Å²) >= 11 is 0.587. The molecule has 0 fully saturated rings. The van der Waals surface area contributed by atoms with E-state index in [4.69, 9.17) is 11.1 Å². The molecule has 0 aromatic carbocycles. The van der Waals surface area contributed by atoms with Crippen LogP contribution in [0.1, 0.15) is 26.2 Å². The molecule has 0 saturated carbocycles. The molecule has 0 aromatic heterocycles. The second-order valence-electron chi connectivity index (χ2n) is 4.30. The Morgan fingerprint density at radius 1 is 1.59 bits per heavy atom. The van der Waals surface area contributed by atoms with E-state index in [1.54, 1.807) is 6.08 Å². The Bertz CT molecular complexity index is 326. The summed E-state index contributed by atoms with van der Waals surface area (Å²) in [4.78, 5) is 0.664. The topological polar surface area (TPSA) is 49.9 Å². The van der Waals surface area contributed by atoms with Crippen LogP contribution in [-0.4, -0.2) is 11.6 Å². The lowest BCUT2D eigenvalue weighted by Gasteiger charge is -2.17. The first-order valence-corrected chi connectivity index (χ1v) is 6.53. The summed E-state index contributed by atoms with van der Waals surface area (Å²) in [5, 5.41) is 7.51. The minimum Gasteiger partial charge on any atom is -0.387 e. The zero-order valence-corrected chi connectivity index (χ0v) is 10.6.